The highest BCUT2D eigenvalue weighted by Gasteiger charge is 2.39. The summed E-state index contributed by atoms with van der Waals surface area (Å²) in [5.41, 5.74) is 1.87. The maximum absolute atomic E-state index is 13.2. The van der Waals surface area contributed by atoms with Gasteiger partial charge >= 0.3 is 6.09 Å². The molecule has 0 radical (unpaired) electrons. The summed E-state index contributed by atoms with van der Waals surface area (Å²) in [6.07, 6.45) is 2.45. The van der Waals surface area contributed by atoms with E-state index in [4.69, 9.17) is 30.2 Å². The molecule has 188 valence electrons. The van der Waals surface area contributed by atoms with Crippen LogP contribution in [0.3, 0.4) is 0 Å². The number of fused-ring (bicyclic) bond motifs is 1. The number of ether oxygens (including phenoxy) is 3. The topological polar surface area (TPSA) is 103 Å². The molecule has 3 aromatic rings. The van der Waals surface area contributed by atoms with E-state index in [1.54, 1.807) is 42.3 Å². The average Bonchev–Trinajstić information content (AvgIpc) is 3.48. The molecule has 1 N–H and O–H groups in total. The molecule has 2 saturated heterocycles. The van der Waals surface area contributed by atoms with Gasteiger partial charge in [-0.3, -0.25) is 4.79 Å². The van der Waals surface area contributed by atoms with Gasteiger partial charge in [-0.05, 0) is 29.8 Å². The number of carbonyl (C=O) groups excluding carboxylic acids is 2. The summed E-state index contributed by atoms with van der Waals surface area (Å²) in [6, 6.07) is 10.6. The number of carbonyl (C=O) groups is 2. The summed E-state index contributed by atoms with van der Waals surface area (Å²) >= 11 is 5.95. The maximum Gasteiger partial charge on any atom is 0.410 e. The van der Waals surface area contributed by atoms with E-state index in [9.17, 15) is 9.59 Å². The first-order valence-electron chi connectivity index (χ1n) is 11.7. The summed E-state index contributed by atoms with van der Waals surface area (Å²) in [4.78, 5) is 31.0. The molecule has 2 aliphatic rings. The molecule has 2 aromatic carbocycles. The van der Waals surface area contributed by atoms with Crippen molar-refractivity contribution < 1.29 is 28.2 Å². The number of cyclic esters (lactones) is 1. The van der Waals surface area contributed by atoms with Gasteiger partial charge in [-0.25, -0.2) is 9.78 Å². The number of aryl methyl sites for hydroxylation is 1. The Morgan fingerprint density at radius 2 is 2.06 bits per heavy atom. The molecule has 0 bridgehead atoms. The minimum Gasteiger partial charge on any atom is -0.496 e. The monoisotopic (exact) mass is 511 g/mol. The molecular formula is C26H26ClN3O6. The van der Waals surface area contributed by atoms with Crippen LogP contribution in [0.25, 0.3) is 11.3 Å². The van der Waals surface area contributed by atoms with Crippen LogP contribution in [-0.4, -0.2) is 54.3 Å². The third-order valence-electron chi connectivity index (χ3n) is 6.39. The molecule has 5 rings (SSSR count). The number of benzene rings is 2. The van der Waals surface area contributed by atoms with Crippen LogP contribution in [0.2, 0.25) is 5.02 Å². The molecule has 0 spiro atoms. The lowest BCUT2D eigenvalue weighted by Crippen LogP contribution is -2.44. The Labute approximate surface area is 213 Å². The Kier molecular flexibility index (Phi) is 6.73. The highest BCUT2D eigenvalue weighted by Crippen LogP contribution is 2.38. The molecule has 1 aromatic heterocycles. The summed E-state index contributed by atoms with van der Waals surface area (Å²) in [5, 5.41) is 3.56. The van der Waals surface area contributed by atoms with Crippen molar-refractivity contribution in [3.05, 3.63) is 64.6 Å². The van der Waals surface area contributed by atoms with Gasteiger partial charge in [-0.1, -0.05) is 23.7 Å². The molecule has 9 nitrogen and oxygen atoms in total. The smallest absolute Gasteiger partial charge is 0.410 e. The van der Waals surface area contributed by atoms with Crippen LogP contribution in [-0.2, 0) is 11.3 Å². The first kappa shape index (κ1) is 24.0. The number of piperidine rings is 1. The van der Waals surface area contributed by atoms with E-state index in [1.165, 1.54) is 7.11 Å². The number of hydrogen-bond acceptors (Lipinski definition) is 7. The fraction of sp³-hybridized carbons (Fsp3) is 0.346. The van der Waals surface area contributed by atoms with Gasteiger partial charge in [0.05, 0.1) is 30.5 Å². The number of nitrogens with one attached hydrogen (secondary N) is 1. The summed E-state index contributed by atoms with van der Waals surface area (Å²) < 4.78 is 22.9. The van der Waals surface area contributed by atoms with Crippen molar-refractivity contribution in [1.29, 1.82) is 0 Å². The molecule has 2 aliphatic heterocycles. The van der Waals surface area contributed by atoms with Crippen LogP contribution in [0.1, 0.15) is 34.7 Å². The zero-order chi connectivity index (χ0) is 25.2. The van der Waals surface area contributed by atoms with Gasteiger partial charge in [0.15, 0.2) is 11.7 Å². The number of oxazole rings is 1. The van der Waals surface area contributed by atoms with Crippen molar-refractivity contribution in [3.8, 4) is 22.8 Å². The molecule has 10 heteroatoms. The molecule has 2 fully saturated rings. The number of aromatic nitrogens is 1. The molecule has 0 aliphatic carbocycles. The van der Waals surface area contributed by atoms with Gasteiger partial charge in [-0.2, -0.15) is 0 Å². The number of amides is 2. The summed E-state index contributed by atoms with van der Waals surface area (Å²) in [7, 11) is 1.51. The predicted molar refractivity (Wildman–Crippen MR) is 131 cm³/mol. The SMILES string of the molecule is COc1cc(-c2cnc(C)o2)c(O[C@H]2CCN3C(=O)OC[C@@H]3C2)cc1C(=O)NCc1ccc(Cl)cc1. The Hall–Kier alpha value is -3.72. The standard InChI is InChI=1S/C26H26ClN3O6/c1-15-28-13-24(35-15)20-10-22(33-2)21(25(31)29-12-16-3-5-17(27)6-4-16)11-23(20)36-19-7-8-30-18(9-19)14-34-26(30)32/h3-6,10-11,13,18-19H,7-9,12,14H2,1-2H3,(H,29,31)/t18-,19-/m0/s1. The molecule has 3 heterocycles. The molecule has 0 saturated carbocycles. The van der Waals surface area contributed by atoms with Crippen LogP contribution in [0.5, 0.6) is 11.5 Å². The van der Waals surface area contributed by atoms with Crippen LogP contribution in [0.4, 0.5) is 4.79 Å². The van der Waals surface area contributed by atoms with E-state index in [0.717, 1.165) is 5.56 Å². The second kappa shape index (κ2) is 10.1. The normalized spacial score (nSPS) is 19.0. The average molecular weight is 512 g/mol. The van der Waals surface area contributed by atoms with E-state index < -0.39 is 0 Å². The predicted octanol–water partition coefficient (Wildman–Crippen LogP) is 4.60. The van der Waals surface area contributed by atoms with E-state index in [0.29, 0.717) is 71.8 Å². The zero-order valence-corrected chi connectivity index (χ0v) is 20.7. The quantitative estimate of drug-likeness (QED) is 0.494. The van der Waals surface area contributed by atoms with Crippen molar-refractivity contribution in [1.82, 2.24) is 15.2 Å². The number of hydrogen-bond donors (Lipinski definition) is 1. The Bertz CT molecular complexity index is 1280. The molecule has 0 unspecified atom stereocenters. The number of nitrogens with zero attached hydrogens (tertiary/aromatic N) is 2. The highest BCUT2D eigenvalue weighted by molar-refractivity contribution is 6.30. The number of halogens is 1. The van der Waals surface area contributed by atoms with Crippen molar-refractivity contribution >= 4 is 23.6 Å². The third kappa shape index (κ3) is 4.97. The van der Waals surface area contributed by atoms with Gasteiger partial charge in [-0.15, -0.1) is 0 Å². The minimum atomic E-state index is -0.309. The third-order valence-corrected chi connectivity index (χ3v) is 6.65. The summed E-state index contributed by atoms with van der Waals surface area (Å²) in [6.45, 7) is 2.99. The zero-order valence-electron chi connectivity index (χ0n) is 20.0. The lowest BCUT2D eigenvalue weighted by atomic mass is 10.0. The van der Waals surface area contributed by atoms with E-state index in [2.05, 4.69) is 10.3 Å². The van der Waals surface area contributed by atoms with Crippen LogP contribution in [0, 0.1) is 6.92 Å². The second-order valence-electron chi connectivity index (χ2n) is 8.79. The lowest BCUT2D eigenvalue weighted by molar-refractivity contribution is 0.0915. The van der Waals surface area contributed by atoms with E-state index >= 15 is 0 Å². The van der Waals surface area contributed by atoms with Crippen molar-refractivity contribution in [2.45, 2.75) is 38.5 Å². The Balaban J connectivity index is 1.42. The van der Waals surface area contributed by atoms with Crippen molar-refractivity contribution in [2.75, 3.05) is 20.3 Å². The van der Waals surface area contributed by atoms with Crippen LogP contribution < -0.4 is 14.8 Å². The molecule has 2 amide bonds. The maximum atomic E-state index is 13.2. The Morgan fingerprint density at radius 3 is 2.78 bits per heavy atom. The van der Waals surface area contributed by atoms with Gasteiger partial charge in [0, 0.05) is 37.9 Å². The van der Waals surface area contributed by atoms with E-state index in [-0.39, 0.29) is 24.1 Å². The summed E-state index contributed by atoms with van der Waals surface area (Å²) in [5.74, 6) is 1.56. The van der Waals surface area contributed by atoms with Crippen molar-refractivity contribution in [2.24, 2.45) is 0 Å². The van der Waals surface area contributed by atoms with Crippen LogP contribution in [0.15, 0.2) is 47.0 Å². The van der Waals surface area contributed by atoms with Gasteiger partial charge < -0.3 is 28.8 Å². The first-order chi connectivity index (χ1) is 17.4. The number of rotatable bonds is 7. The van der Waals surface area contributed by atoms with Crippen molar-refractivity contribution in [3.63, 3.8) is 0 Å². The molecular weight excluding hydrogens is 486 g/mol. The minimum absolute atomic E-state index is 0.0207. The van der Waals surface area contributed by atoms with Gasteiger partial charge in [0.1, 0.15) is 24.2 Å². The first-order valence-corrected chi connectivity index (χ1v) is 12.1. The van der Waals surface area contributed by atoms with Gasteiger partial charge in [0.2, 0.25) is 0 Å². The van der Waals surface area contributed by atoms with Gasteiger partial charge in [0.25, 0.3) is 5.91 Å². The fourth-order valence-corrected chi connectivity index (χ4v) is 4.64. The second-order valence-corrected chi connectivity index (χ2v) is 9.23. The van der Waals surface area contributed by atoms with Crippen LogP contribution >= 0.6 is 11.6 Å². The largest absolute Gasteiger partial charge is 0.496 e. The number of methoxy groups -OCH3 is 1. The molecule has 2 atom stereocenters. The highest BCUT2D eigenvalue weighted by atomic mass is 35.5. The Morgan fingerprint density at radius 1 is 1.25 bits per heavy atom. The van der Waals surface area contributed by atoms with E-state index in [1.807, 2.05) is 12.1 Å². The lowest BCUT2D eigenvalue weighted by Gasteiger charge is -2.33. The fourth-order valence-electron chi connectivity index (χ4n) is 4.51. The molecule has 36 heavy (non-hydrogen) atoms.